The molecular weight excluding hydrogens is 286 g/mol. The maximum Gasteiger partial charge on any atom is 0.223 e. The molecule has 0 radical (unpaired) electrons. The van der Waals surface area contributed by atoms with Crippen LogP contribution < -0.4 is 0 Å². The van der Waals surface area contributed by atoms with Crippen LogP contribution in [-0.4, -0.2) is 54.9 Å². The average molecular weight is 302 g/mol. The monoisotopic (exact) mass is 301 g/mol. The molecule has 0 bridgehead atoms. The fraction of sp³-hybridized carbons (Fsp3) is 1.00. The summed E-state index contributed by atoms with van der Waals surface area (Å²) in [4.78, 5) is 0. The lowest BCUT2D eigenvalue weighted by Crippen LogP contribution is -2.47. The molecule has 90 valence electrons. The Balaban J connectivity index is 2.60. The van der Waals surface area contributed by atoms with Crippen LogP contribution in [-0.2, 0) is 14.8 Å². The highest BCUT2D eigenvalue weighted by molar-refractivity contribution is 9.10. The van der Waals surface area contributed by atoms with E-state index in [1.165, 1.54) is 11.4 Å². The van der Waals surface area contributed by atoms with E-state index in [1.807, 2.05) is 0 Å². The Labute approximate surface area is 98.6 Å². The Kier molecular flexibility index (Phi) is 4.54. The summed E-state index contributed by atoms with van der Waals surface area (Å²) in [7, 11) is -1.81. The molecule has 7 heteroatoms. The molecule has 0 aromatic heterocycles. The van der Waals surface area contributed by atoms with Crippen molar-refractivity contribution in [3.63, 3.8) is 0 Å². The van der Waals surface area contributed by atoms with E-state index in [0.29, 0.717) is 26.1 Å². The summed E-state index contributed by atoms with van der Waals surface area (Å²) in [6.45, 7) is 1.10. The zero-order valence-electron chi connectivity index (χ0n) is 8.65. The van der Waals surface area contributed by atoms with Crippen LogP contribution in [0.5, 0.6) is 0 Å². The third kappa shape index (κ3) is 3.67. The van der Waals surface area contributed by atoms with E-state index in [4.69, 9.17) is 4.74 Å². The normalized spacial score (nSPS) is 21.9. The topological polar surface area (TPSA) is 66.8 Å². The first-order valence-corrected chi connectivity index (χ1v) is 7.43. The van der Waals surface area contributed by atoms with Gasteiger partial charge in [0.15, 0.2) is 0 Å². The van der Waals surface area contributed by atoms with Crippen molar-refractivity contribution in [2.75, 3.05) is 31.5 Å². The van der Waals surface area contributed by atoms with Gasteiger partial charge in [-0.15, -0.1) is 0 Å². The summed E-state index contributed by atoms with van der Waals surface area (Å²) in [5.41, 5.74) is -0.942. The molecule has 0 unspecified atom stereocenters. The molecule has 0 amide bonds. The van der Waals surface area contributed by atoms with Crippen LogP contribution in [0, 0.1) is 0 Å². The zero-order valence-corrected chi connectivity index (χ0v) is 11.1. The molecular formula is C8H16BrNO4S. The van der Waals surface area contributed by atoms with Gasteiger partial charge >= 0.3 is 0 Å². The molecule has 1 rings (SSSR count). The third-order valence-electron chi connectivity index (χ3n) is 2.55. The number of halogens is 1. The Morgan fingerprint density at radius 2 is 2.00 bits per heavy atom. The van der Waals surface area contributed by atoms with Crippen molar-refractivity contribution in [3.05, 3.63) is 0 Å². The van der Waals surface area contributed by atoms with E-state index in [2.05, 4.69) is 15.9 Å². The molecule has 0 saturated carbocycles. The molecule has 1 saturated heterocycles. The number of sulfonamides is 1. The predicted molar refractivity (Wildman–Crippen MR) is 60.3 cm³/mol. The van der Waals surface area contributed by atoms with Gasteiger partial charge in [-0.05, 0) is 0 Å². The van der Waals surface area contributed by atoms with Gasteiger partial charge in [-0.25, -0.2) is 12.7 Å². The van der Waals surface area contributed by atoms with E-state index in [9.17, 15) is 13.5 Å². The lowest BCUT2D eigenvalue weighted by atomic mass is 9.95. The lowest BCUT2D eigenvalue weighted by molar-refractivity contribution is -0.0689. The molecule has 1 fully saturated rings. The minimum atomic E-state index is -3.29. The standard InChI is InChI=1S/C8H16BrNO4S/c1-10(15(12,13)7-9)6-8(11)2-4-14-5-3-8/h11H,2-7H2,1H3. The highest BCUT2D eigenvalue weighted by Gasteiger charge is 2.33. The molecule has 1 aliphatic heterocycles. The fourth-order valence-electron chi connectivity index (χ4n) is 1.51. The summed E-state index contributed by atoms with van der Waals surface area (Å²) < 4.78 is 29.1. The van der Waals surface area contributed by atoms with Crippen LogP contribution in [0.2, 0.25) is 0 Å². The summed E-state index contributed by atoms with van der Waals surface area (Å²) in [6, 6.07) is 0. The average Bonchev–Trinajstić information content (AvgIpc) is 2.18. The van der Waals surface area contributed by atoms with Crippen molar-refractivity contribution in [1.29, 1.82) is 0 Å². The largest absolute Gasteiger partial charge is 0.388 e. The van der Waals surface area contributed by atoms with Gasteiger partial charge < -0.3 is 9.84 Å². The first-order valence-electron chi connectivity index (χ1n) is 4.70. The van der Waals surface area contributed by atoms with Crippen molar-refractivity contribution in [1.82, 2.24) is 4.31 Å². The SMILES string of the molecule is CN(CC1(O)CCOCC1)S(=O)(=O)CBr. The van der Waals surface area contributed by atoms with Crippen molar-refractivity contribution in [2.24, 2.45) is 0 Å². The van der Waals surface area contributed by atoms with Crippen LogP contribution in [0.15, 0.2) is 0 Å². The van der Waals surface area contributed by atoms with Crippen molar-refractivity contribution >= 4 is 26.0 Å². The van der Waals surface area contributed by atoms with E-state index < -0.39 is 15.6 Å². The Morgan fingerprint density at radius 3 is 2.47 bits per heavy atom. The van der Waals surface area contributed by atoms with Gasteiger partial charge in [0.2, 0.25) is 10.0 Å². The van der Waals surface area contributed by atoms with Crippen LogP contribution >= 0.6 is 15.9 Å². The van der Waals surface area contributed by atoms with Crippen molar-refractivity contribution in [3.8, 4) is 0 Å². The molecule has 0 aliphatic carbocycles. The molecule has 0 spiro atoms. The van der Waals surface area contributed by atoms with Gasteiger partial charge in [-0.2, -0.15) is 0 Å². The quantitative estimate of drug-likeness (QED) is 0.750. The van der Waals surface area contributed by atoms with Crippen molar-refractivity contribution in [2.45, 2.75) is 18.4 Å². The smallest absolute Gasteiger partial charge is 0.223 e. The Morgan fingerprint density at radius 1 is 1.47 bits per heavy atom. The molecule has 1 heterocycles. The second-order valence-electron chi connectivity index (χ2n) is 3.81. The molecule has 0 aromatic carbocycles. The van der Waals surface area contributed by atoms with E-state index >= 15 is 0 Å². The lowest BCUT2D eigenvalue weighted by Gasteiger charge is -2.34. The van der Waals surface area contributed by atoms with E-state index in [1.54, 1.807) is 0 Å². The first kappa shape index (κ1) is 13.4. The summed E-state index contributed by atoms with van der Waals surface area (Å²) >= 11 is 2.92. The molecule has 15 heavy (non-hydrogen) atoms. The second-order valence-corrected chi connectivity index (χ2v) is 7.19. The number of rotatable bonds is 4. The van der Waals surface area contributed by atoms with Gasteiger partial charge in [0.1, 0.15) is 4.66 Å². The van der Waals surface area contributed by atoms with Crippen LogP contribution in [0.3, 0.4) is 0 Å². The number of likely N-dealkylation sites (N-methyl/N-ethyl adjacent to an activating group) is 1. The maximum absolute atomic E-state index is 11.5. The minimum absolute atomic E-state index is 0.122. The highest BCUT2D eigenvalue weighted by Crippen LogP contribution is 2.22. The fourth-order valence-corrected chi connectivity index (χ4v) is 3.16. The zero-order chi connectivity index (χ0) is 11.5. The Bertz CT molecular complexity index is 300. The van der Waals surface area contributed by atoms with Crippen LogP contribution in [0.1, 0.15) is 12.8 Å². The van der Waals surface area contributed by atoms with Crippen LogP contribution in [0.4, 0.5) is 0 Å². The van der Waals surface area contributed by atoms with Gasteiger partial charge in [0, 0.05) is 39.6 Å². The summed E-state index contributed by atoms with van der Waals surface area (Å²) in [5, 5.41) is 10.1. The second kappa shape index (κ2) is 5.09. The van der Waals surface area contributed by atoms with E-state index in [-0.39, 0.29) is 11.2 Å². The Hall–Kier alpha value is 0.310. The predicted octanol–water partition coefficient (Wildman–Crippen LogP) is 0.142. The summed E-state index contributed by atoms with van der Waals surface area (Å²) in [6.07, 6.45) is 0.963. The first-order chi connectivity index (χ1) is 6.90. The van der Waals surface area contributed by atoms with Crippen LogP contribution in [0.25, 0.3) is 0 Å². The number of hydrogen-bond acceptors (Lipinski definition) is 4. The van der Waals surface area contributed by atoms with Gasteiger partial charge in [-0.1, -0.05) is 15.9 Å². The molecule has 0 aromatic rings. The third-order valence-corrected chi connectivity index (χ3v) is 5.64. The molecule has 5 nitrogen and oxygen atoms in total. The molecule has 0 atom stereocenters. The van der Waals surface area contributed by atoms with Crippen molar-refractivity contribution < 1.29 is 18.3 Å². The van der Waals surface area contributed by atoms with E-state index in [0.717, 1.165) is 0 Å². The van der Waals surface area contributed by atoms with Gasteiger partial charge in [-0.3, -0.25) is 0 Å². The van der Waals surface area contributed by atoms with Gasteiger partial charge in [0.25, 0.3) is 0 Å². The summed E-state index contributed by atoms with van der Waals surface area (Å²) in [5.74, 6) is 0. The highest BCUT2D eigenvalue weighted by atomic mass is 79.9. The number of nitrogens with zero attached hydrogens (tertiary/aromatic N) is 1. The van der Waals surface area contributed by atoms with Gasteiger partial charge in [0.05, 0.1) is 5.60 Å². The number of aliphatic hydroxyl groups is 1. The minimum Gasteiger partial charge on any atom is -0.388 e. The number of ether oxygens (including phenoxy) is 1. The maximum atomic E-state index is 11.5. The number of alkyl halides is 1. The molecule has 1 aliphatic rings. The molecule has 1 N–H and O–H groups in total. The number of hydrogen-bond donors (Lipinski definition) is 1.